The second-order valence-corrected chi connectivity index (χ2v) is 6.16. The summed E-state index contributed by atoms with van der Waals surface area (Å²) in [4.78, 5) is 7.91. The lowest BCUT2D eigenvalue weighted by Crippen LogP contribution is -2.30. The molecule has 5 heteroatoms. The Labute approximate surface area is 124 Å². The number of aryl methyl sites for hydroxylation is 1. The molecule has 0 aliphatic rings. The second-order valence-electron chi connectivity index (χ2n) is 5.21. The second kappa shape index (κ2) is 7.55. The minimum Gasteiger partial charge on any atom is -0.339 e. The van der Waals surface area contributed by atoms with Crippen LogP contribution in [0.3, 0.4) is 0 Å². The number of aromatic nitrogens is 2. The van der Waals surface area contributed by atoms with Crippen LogP contribution in [0.25, 0.3) is 10.7 Å². The summed E-state index contributed by atoms with van der Waals surface area (Å²) in [6, 6.07) is 4.66. The van der Waals surface area contributed by atoms with Crippen molar-refractivity contribution < 1.29 is 4.52 Å². The van der Waals surface area contributed by atoms with Gasteiger partial charge in [0.1, 0.15) is 0 Å². The van der Waals surface area contributed by atoms with Crippen LogP contribution in [0.2, 0.25) is 0 Å². The monoisotopic (exact) mass is 293 g/mol. The zero-order valence-electron chi connectivity index (χ0n) is 12.5. The van der Waals surface area contributed by atoms with Crippen LogP contribution in [-0.2, 0) is 6.42 Å². The maximum Gasteiger partial charge on any atom is 0.227 e. The first-order valence-corrected chi connectivity index (χ1v) is 8.15. The summed E-state index contributed by atoms with van der Waals surface area (Å²) < 4.78 is 5.31. The SMILES string of the molecule is CCC[C@H](C)N(C)CCCc1nc(-c2cccs2)no1. The third-order valence-corrected chi connectivity index (χ3v) is 4.44. The Morgan fingerprint density at radius 2 is 2.30 bits per heavy atom. The third-order valence-electron chi connectivity index (χ3n) is 3.57. The molecule has 0 saturated heterocycles. The Hall–Kier alpha value is -1.20. The fourth-order valence-electron chi connectivity index (χ4n) is 2.20. The standard InChI is InChI=1S/C15H23N3OS/c1-4-7-12(2)18(3)10-5-9-14-16-15(17-19-14)13-8-6-11-20-13/h6,8,11-12H,4-5,7,9-10H2,1-3H3/t12-/m0/s1. The highest BCUT2D eigenvalue weighted by atomic mass is 32.1. The van der Waals surface area contributed by atoms with Crippen LogP contribution in [0, 0.1) is 0 Å². The van der Waals surface area contributed by atoms with Gasteiger partial charge in [-0.3, -0.25) is 0 Å². The van der Waals surface area contributed by atoms with Crippen LogP contribution in [0.5, 0.6) is 0 Å². The van der Waals surface area contributed by atoms with Gasteiger partial charge < -0.3 is 9.42 Å². The predicted molar refractivity (Wildman–Crippen MR) is 82.9 cm³/mol. The molecule has 0 bridgehead atoms. The first-order chi connectivity index (χ1) is 9.70. The Morgan fingerprint density at radius 3 is 3.00 bits per heavy atom. The highest BCUT2D eigenvalue weighted by Gasteiger charge is 2.11. The van der Waals surface area contributed by atoms with Gasteiger partial charge in [0.2, 0.25) is 11.7 Å². The molecular weight excluding hydrogens is 270 g/mol. The maximum absolute atomic E-state index is 5.31. The third kappa shape index (κ3) is 4.15. The lowest BCUT2D eigenvalue weighted by atomic mass is 10.1. The molecule has 0 N–H and O–H groups in total. The summed E-state index contributed by atoms with van der Waals surface area (Å²) >= 11 is 1.63. The Bertz CT molecular complexity index is 495. The van der Waals surface area contributed by atoms with Crippen LogP contribution in [0.15, 0.2) is 22.0 Å². The average Bonchev–Trinajstić information content (AvgIpc) is 3.09. The van der Waals surface area contributed by atoms with E-state index >= 15 is 0 Å². The smallest absolute Gasteiger partial charge is 0.227 e. The van der Waals surface area contributed by atoms with Crippen molar-refractivity contribution in [2.24, 2.45) is 0 Å². The molecule has 0 radical (unpaired) electrons. The van der Waals surface area contributed by atoms with Crippen molar-refractivity contribution in [2.45, 2.75) is 45.6 Å². The fraction of sp³-hybridized carbons (Fsp3) is 0.600. The van der Waals surface area contributed by atoms with Crippen molar-refractivity contribution in [1.82, 2.24) is 15.0 Å². The molecule has 0 spiro atoms. The zero-order chi connectivity index (χ0) is 14.4. The quantitative estimate of drug-likeness (QED) is 0.741. The maximum atomic E-state index is 5.31. The summed E-state index contributed by atoms with van der Waals surface area (Å²) in [5.41, 5.74) is 0. The number of nitrogens with zero attached hydrogens (tertiary/aromatic N) is 3. The molecule has 0 fully saturated rings. The topological polar surface area (TPSA) is 42.2 Å². The highest BCUT2D eigenvalue weighted by Crippen LogP contribution is 2.21. The number of rotatable bonds is 8. The molecule has 0 saturated carbocycles. The van der Waals surface area contributed by atoms with Gasteiger partial charge in [-0.2, -0.15) is 4.98 Å². The minimum absolute atomic E-state index is 0.643. The molecule has 2 aromatic rings. The molecule has 0 aromatic carbocycles. The van der Waals surface area contributed by atoms with Crippen molar-refractivity contribution in [1.29, 1.82) is 0 Å². The van der Waals surface area contributed by atoms with Gasteiger partial charge in [-0.05, 0) is 44.8 Å². The normalized spacial score (nSPS) is 13.0. The Balaban J connectivity index is 1.77. The molecule has 0 aliphatic heterocycles. The molecule has 1 atom stereocenters. The van der Waals surface area contributed by atoms with E-state index in [0.717, 1.165) is 30.2 Å². The van der Waals surface area contributed by atoms with Crippen LogP contribution in [0.1, 0.15) is 39.0 Å². The van der Waals surface area contributed by atoms with E-state index in [1.807, 2.05) is 17.5 Å². The number of thiophene rings is 1. The number of hydrogen-bond donors (Lipinski definition) is 0. The van der Waals surface area contributed by atoms with Crippen molar-refractivity contribution >= 4 is 11.3 Å². The molecule has 110 valence electrons. The van der Waals surface area contributed by atoms with Crippen LogP contribution < -0.4 is 0 Å². The lowest BCUT2D eigenvalue weighted by molar-refractivity contribution is 0.238. The first kappa shape index (κ1) is 15.2. The van der Waals surface area contributed by atoms with E-state index in [4.69, 9.17) is 4.52 Å². The van der Waals surface area contributed by atoms with E-state index in [9.17, 15) is 0 Å². The van der Waals surface area contributed by atoms with Gasteiger partial charge in [-0.15, -0.1) is 11.3 Å². The van der Waals surface area contributed by atoms with E-state index in [2.05, 4.69) is 35.9 Å². The van der Waals surface area contributed by atoms with Gasteiger partial charge in [0.05, 0.1) is 4.88 Å². The molecule has 0 unspecified atom stereocenters. The molecule has 4 nitrogen and oxygen atoms in total. The molecule has 0 amide bonds. The van der Waals surface area contributed by atoms with Gasteiger partial charge in [0, 0.05) is 12.5 Å². The summed E-state index contributed by atoms with van der Waals surface area (Å²) in [5.74, 6) is 1.45. The fourth-order valence-corrected chi connectivity index (χ4v) is 2.85. The summed E-state index contributed by atoms with van der Waals surface area (Å²) in [6.45, 7) is 5.58. The first-order valence-electron chi connectivity index (χ1n) is 7.27. The van der Waals surface area contributed by atoms with Gasteiger partial charge in [0.25, 0.3) is 0 Å². The summed E-state index contributed by atoms with van der Waals surface area (Å²) in [6.07, 6.45) is 4.39. The average molecular weight is 293 g/mol. The highest BCUT2D eigenvalue weighted by molar-refractivity contribution is 7.13. The van der Waals surface area contributed by atoms with Gasteiger partial charge in [-0.1, -0.05) is 24.6 Å². The van der Waals surface area contributed by atoms with E-state index < -0.39 is 0 Å². The van der Waals surface area contributed by atoms with Gasteiger partial charge in [-0.25, -0.2) is 0 Å². The minimum atomic E-state index is 0.643. The van der Waals surface area contributed by atoms with Crippen LogP contribution >= 0.6 is 11.3 Å². The van der Waals surface area contributed by atoms with E-state index in [0.29, 0.717) is 11.9 Å². The molecule has 20 heavy (non-hydrogen) atoms. The van der Waals surface area contributed by atoms with Crippen molar-refractivity contribution in [2.75, 3.05) is 13.6 Å². The summed E-state index contributed by atoms with van der Waals surface area (Å²) in [7, 11) is 2.19. The lowest BCUT2D eigenvalue weighted by Gasteiger charge is -2.23. The Kier molecular flexibility index (Phi) is 5.73. The van der Waals surface area contributed by atoms with E-state index in [-0.39, 0.29) is 0 Å². The predicted octanol–water partition coefficient (Wildman–Crippen LogP) is 3.85. The number of hydrogen-bond acceptors (Lipinski definition) is 5. The largest absolute Gasteiger partial charge is 0.339 e. The van der Waals surface area contributed by atoms with Crippen LogP contribution in [0.4, 0.5) is 0 Å². The molecular formula is C15H23N3OS. The molecule has 0 aliphatic carbocycles. The summed E-state index contributed by atoms with van der Waals surface area (Å²) in [5, 5.41) is 6.05. The zero-order valence-corrected chi connectivity index (χ0v) is 13.3. The molecule has 2 rings (SSSR count). The Morgan fingerprint density at radius 1 is 1.45 bits per heavy atom. The van der Waals surface area contributed by atoms with Gasteiger partial charge >= 0.3 is 0 Å². The van der Waals surface area contributed by atoms with Crippen LogP contribution in [-0.4, -0.2) is 34.7 Å². The van der Waals surface area contributed by atoms with Crippen molar-refractivity contribution in [3.63, 3.8) is 0 Å². The van der Waals surface area contributed by atoms with Crippen molar-refractivity contribution in [3.8, 4) is 10.7 Å². The van der Waals surface area contributed by atoms with E-state index in [1.54, 1.807) is 11.3 Å². The van der Waals surface area contributed by atoms with Crippen molar-refractivity contribution in [3.05, 3.63) is 23.4 Å². The molecule has 2 heterocycles. The van der Waals surface area contributed by atoms with Gasteiger partial charge in [0.15, 0.2) is 0 Å². The molecule has 2 aromatic heterocycles. The van der Waals surface area contributed by atoms with E-state index in [1.165, 1.54) is 12.8 Å².